The van der Waals surface area contributed by atoms with E-state index < -0.39 is 19.7 Å². The number of fused-ring (bicyclic) bond motifs is 1. The number of carbonyl (C=O) groups excluding carboxylic acids is 1. The number of hydrogen-bond donors (Lipinski definition) is 1. The lowest BCUT2D eigenvalue weighted by molar-refractivity contribution is 0.00349. The third kappa shape index (κ3) is 3.72. The molecule has 6 nitrogen and oxygen atoms in total. The molecule has 1 aromatic heterocycles. The summed E-state index contributed by atoms with van der Waals surface area (Å²) in [6.45, 7) is 16.2. The Hall–Kier alpha value is -2.38. The molecule has 0 aliphatic heterocycles. The van der Waals surface area contributed by atoms with E-state index in [9.17, 15) is 9.90 Å². The summed E-state index contributed by atoms with van der Waals surface area (Å²) in [6, 6.07) is 9.61. The fourth-order valence-corrected chi connectivity index (χ4v) is 5.03. The van der Waals surface area contributed by atoms with Gasteiger partial charge in [0, 0.05) is 12.3 Å². The molecule has 1 aliphatic carbocycles. The van der Waals surface area contributed by atoms with Gasteiger partial charge in [0.2, 0.25) is 5.78 Å². The van der Waals surface area contributed by atoms with Gasteiger partial charge < -0.3 is 18.8 Å². The van der Waals surface area contributed by atoms with Gasteiger partial charge in [0.1, 0.15) is 17.9 Å². The van der Waals surface area contributed by atoms with E-state index in [0.29, 0.717) is 12.2 Å². The molecule has 0 bridgehead atoms. The summed E-state index contributed by atoms with van der Waals surface area (Å²) in [7, 11) is -2.43. The van der Waals surface area contributed by atoms with Crippen LogP contribution in [-0.2, 0) is 17.5 Å². The van der Waals surface area contributed by atoms with Crippen molar-refractivity contribution in [3.8, 4) is 5.88 Å². The summed E-state index contributed by atoms with van der Waals surface area (Å²) in [5, 5.41) is 14.5. The summed E-state index contributed by atoms with van der Waals surface area (Å²) in [5.74, 6) is -0.482. The summed E-state index contributed by atoms with van der Waals surface area (Å²) in [5.41, 5.74) is -0.369. The van der Waals surface area contributed by atoms with Gasteiger partial charge in [-0.3, -0.25) is 4.79 Å². The Bertz CT molecular complexity index is 944. The van der Waals surface area contributed by atoms with Crippen LogP contribution >= 0.6 is 0 Å². The Labute approximate surface area is 179 Å². The molecule has 1 N–H and O–H groups in total. The van der Waals surface area contributed by atoms with E-state index in [1.807, 2.05) is 50.3 Å². The molecule has 3 rings (SSSR count). The van der Waals surface area contributed by atoms with E-state index in [-0.39, 0.29) is 34.8 Å². The number of ketones is 1. The van der Waals surface area contributed by atoms with Gasteiger partial charge in [0.25, 0.3) is 5.88 Å². The average Bonchev–Trinajstić information content (AvgIpc) is 3.05. The summed E-state index contributed by atoms with van der Waals surface area (Å²) in [4.78, 5) is 13.8. The van der Waals surface area contributed by atoms with Crippen LogP contribution in [0, 0.1) is 5.92 Å². The number of hydrogen-bond acceptors (Lipinski definition) is 6. The van der Waals surface area contributed by atoms with E-state index in [4.69, 9.17) is 13.7 Å². The first-order chi connectivity index (χ1) is 13.9. The molecule has 1 heterocycles. The molecule has 0 saturated carbocycles. The zero-order valence-electron chi connectivity index (χ0n) is 18.6. The van der Waals surface area contributed by atoms with Crippen molar-refractivity contribution < 1.29 is 23.6 Å². The number of carbonyl (C=O) groups is 1. The monoisotopic (exact) mass is 429 g/mol. The molecule has 30 heavy (non-hydrogen) atoms. The number of ether oxygens (including phenoxy) is 1. The number of aliphatic hydroxyl groups excluding tert-OH is 1. The Kier molecular flexibility index (Phi) is 5.73. The number of nitrogens with zero attached hydrogens (tertiary/aromatic N) is 1. The van der Waals surface area contributed by atoms with Gasteiger partial charge in [-0.1, -0.05) is 64.6 Å². The van der Waals surface area contributed by atoms with E-state index in [1.165, 1.54) is 0 Å². The molecule has 2 aromatic rings. The average molecular weight is 430 g/mol. The highest BCUT2D eigenvalue weighted by Gasteiger charge is 2.58. The van der Waals surface area contributed by atoms with Gasteiger partial charge in [-0.25, -0.2) is 0 Å². The van der Waals surface area contributed by atoms with Crippen LogP contribution in [-0.4, -0.2) is 30.0 Å². The summed E-state index contributed by atoms with van der Waals surface area (Å²) >= 11 is 0. The number of benzene rings is 1. The molecule has 7 heteroatoms. The maximum Gasteiger partial charge on any atom is 0.265 e. The minimum absolute atomic E-state index is 0.121. The first-order valence-corrected chi connectivity index (χ1v) is 13.1. The number of aliphatic hydroxyl groups is 1. The van der Waals surface area contributed by atoms with Crippen LogP contribution in [0.25, 0.3) is 0 Å². The molecule has 162 valence electrons. The zero-order valence-corrected chi connectivity index (χ0v) is 19.6. The maximum atomic E-state index is 13.8. The van der Waals surface area contributed by atoms with Crippen molar-refractivity contribution >= 4 is 14.1 Å². The maximum absolute atomic E-state index is 13.8. The van der Waals surface area contributed by atoms with Gasteiger partial charge in [-0.15, -0.1) is 0 Å². The first-order valence-electron chi connectivity index (χ1n) is 10.2. The van der Waals surface area contributed by atoms with Gasteiger partial charge in [0.05, 0.1) is 0 Å². The van der Waals surface area contributed by atoms with Gasteiger partial charge in [0.15, 0.2) is 19.7 Å². The van der Waals surface area contributed by atoms with Crippen LogP contribution in [0.4, 0.5) is 0 Å². The van der Waals surface area contributed by atoms with Gasteiger partial charge in [-0.05, 0) is 28.9 Å². The van der Waals surface area contributed by atoms with E-state index in [2.05, 4.69) is 32.5 Å². The largest absolute Gasteiger partial charge is 0.509 e. The second-order valence-electron chi connectivity index (χ2n) is 9.54. The van der Waals surface area contributed by atoms with Crippen LogP contribution in [0.3, 0.4) is 0 Å². The molecular weight excluding hydrogens is 398 g/mol. The Morgan fingerprint density at radius 3 is 2.53 bits per heavy atom. The van der Waals surface area contributed by atoms with Crippen molar-refractivity contribution in [2.45, 2.75) is 64.5 Å². The summed E-state index contributed by atoms with van der Waals surface area (Å²) < 4.78 is 17.8. The van der Waals surface area contributed by atoms with Crippen molar-refractivity contribution in [1.29, 1.82) is 0 Å². The first kappa shape index (κ1) is 22.3. The highest BCUT2D eigenvalue weighted by molar-refractivity contribution is 6.74. The van der Waals surface area contributed by atoms with Crippen LogP contribution in [0.15, 0.2) is 47.2 Å². The number of Topliss-reactive ketones (excluding diaryl/α,β-unsaturated/α-hetero) is 1. The molecule has 0 spiro atoms. The Morgan fingerprint density at radius 2 is 1.97 bits per heavy atom. The third-order valence-corrected chi connectivity index (χ3v) is 10.8. The molecule has 1 aromatic carbocycles. The van der Waals surface area contributed by atoms with E-state index in [1.54, 1.807) is 0 Å². The van der Waals surface area contributed by atoms with Crippen molar-refractivity contribution in [3.05, 3.63) is 59.6 Å². The third-order valence-electron chi connectivity index (χ3n) is 6.35. The normalized spacial score (nSPS) is 21.9. The summed E-state index contributed by atoms with van der Waals surface area (Å²) in [6.07, 6.45) is 0.386. The second-order valence-corrected chi connectivity index (χ2v) is 14.3. The molecule has 2 atom stereocenters. The second kappa shape index (κ2) is 7.70. The van der Waals surface area contributed by atoms with E-state index >= 15 is 0 Å². The van der Waals surface area contributed by atoms with Crippen LogP contribution in [0.1, 0.15) is 49.4 Å². The molecule has 0 saturated heterocycles. The van der Waals surface area contributed by atoms with Crippen LogP contribution in [0.2, 0.25) is 18.1 Å². The Balaban J connectivity index is 1.99. The topological polar surface area (TPSA) is 81.8 Å². The van der Waals surface area contributed by atoms with Gasteiger partial charge >= 0.3 is 0 Å². The lowest BCUT2D eigenvalue weighted by Crippen LogP contribution is -2.59. The minimum Gasteiger partial charge on any atom is -0.509 e. The molecule has 1 unspecified atom stereocenters. The van der Waals surface area contributed by atoms with Crippen molar-refractivity contribution in [1.82, 2.24) is 5.16 Å². The van der Waals surface area contributed by atoms with Crippen molar-refractivity contribution in [3.63, 3.8) is 0 Å². The fraction of sp³-hybridized carbons (Fsp3) is 0.478. The fourth-order valence-electron chi connectivity index (χ4n) is 3.50. The minimum atomic E-state index is -2.43. The predicted octanol–water partition coefficient (Wildman–Crippen LogP) is 5.46. The van der Waals surface area contributed by atoms with Crippen molar-refractivity contribution in [2.75, 3.05) is 0 Å². The predicted molar refractivity (Wildman–Crippen MR) is 117 cm³/mol. The lowest BCUT2D eigenvalue weighted by atomic mass is 9.74. The molecule has 1 aliphatic rings. The molecule has 0 fully saturated rings. The smallest absolute Gasteiger partial charge is 0.265 e. The number of rotatable bonds is 6. The molecular formula is C23H31NO5Si. The van der Waals surface area contributed by atoms with E-state index in [0.717, 1.165) is 5.56 Å². The van der Waals surface area contributed by atoms with Gasteiger partial charge in [-0.2, -0.15) is 0 Å². The van der Waals surface area contributed by atoms with Crippen LogP contribution in [0.5, 0.6) is 5.88 Å². The number of aromatic nitrogens is 1. The van der Waals surface area contributed by atoms with Crippen molar-refractivity contribution in [2.24, 2.45) is 5.92 Å². The SMILES string of the molecule is C=C(O)[C@]1(O[Si](C)(C)C(C)(C)C)C(=O)c2c(OCc3ccccc3)noc2CC1C. The molecule has 0 radical (unpaired) electrons. The molecule has 0 amide bonds. The highest BCUT2D eigenvalue weighted by Crippen LogP contribution is 2.48. The lowest BCUT2D eigenvalue weighted by Gasteiger charge is -2.47. The zero-order chi connectivity index (χ0) is 22.3. The standard InChI is InChI=1S/C23H31NO5Si/c1-15-13-18-19(21(24-28-18)27-14-17-11-9-8-10-12-17)20(26)23(15,16(2)25)29-30(6,7)22(3,4)5/h8-12,15,25H,2,13-14H2,1,3-7H3/t15?,23-/m0/s1. The quantitative estimate of drug-likeness (QED) is 0.485. The highest BCUT2D eigenvalue weighted by atomic mass is 28.4. The van der Waals surface area contributed by atoms with Crippen LogP contribution < -0.4 is 4.74 Å². The Morgan fingerprint density at radius 1 is 1.33 bits per heavy atom.